The molecule has 15 heteroatoms. The number of H-pyrrole nitrogens is 1. The lowest BCUT2D eigenvalue weighted by atomic mass is 9.87. The maximum atomic E-state index is 13.7. The highest BCUT2D eigenvalue weighted by molar-refractivity contribution is 8.00. The van der Waals surface area contributed by atoms with Crippen LogP contribution in [0.3, 0.4) is 0 Å². The van der Waals surface area contributed by atoms with Crippen LogP contribution in [0.4, 0.5) is 11.8 Å². The third kappa shape index (κ3) is 7.74. The van der Waals surface area contributed by atoms with Gasteiger partial charge in [-0.15, -0.1) is 0 Å². The predicted octanol–water partition coefficient (Wildman–Crippen LogP) is 5.29. The van der Waals surface area contributed by atoms with Crippen LogP contribution in [0.1, 0.15) is 26.3 Å². The van der Waals surface area contributed by atoms with Crippen LogP contribution >= 0.6 is 11.8 Å². The number of hydrogen-bond acceptors (Lipinski definition) is 11. The normalized spacial score (nSPS) is 11.6. The van der Waals surface area contributed by atoms with E-state index in [2.05, 4.69) is 39.9 Å². The first kappa shape index (κ1) is 31.4. The zero-order valence-electron chi connectivity index (χ0n) is 24.8. The van der Waals surface area contributed by atoms with Gasteiger partial charge < -0.3 is 14.5 Å². The number of anilines is 2. The molecular weight excluding hydrogens is 617 g/mol. The Hall–Kier alpha value is -5.02. The van der Waals surface area contributed by atoms with Gasteiger partial charge in [-0.2, -0.15) is 0 Å². The van der Waals surface area contributed by atoms with Gasteiger partial charge in [0.15, 0.2) is 23.1 Å². The second-order valence-corrected chi connectivity index (χ2v) is 13.2. The molecule has 45 heavy (non-hydrogen) atoms. The van der Waals surface area contributed by atoms with Crippen LogP contribution < -0.4 is 19.5 Å². The van der Waals surface area contributed by atoms with E-state index in [9.17, 15) is 13.2 Å². The summed E-state index contributed by atoms with van der Waals surface area (Å²) in [6.45, 7) is 6.12. The van der Waals surface area contributed by atoms with Gasteiger partial charge in [-0.25, -0.2) is 33.3 Å². The molecule has 0 spiro atoms. The molecule has 5 rings (SSSR count). The van der Waals surface area contributed by atoms with E-state index in [1.165, 1.54) is 37.8 Å². The smallest absolute Gasteiger partial charge is 0.263 e. The van der Waals surface area contributed by atoms with E-state index < -0.39 is 15.9 Å². The van der Waals surface area contributed by atoms with Gasteiger partial charge in [-0.05, 0) is 41.3 Å². The summed E-state index contributed by atoms with van der Waals surface area (Å²) < 4.78 is 41.7. The van der Waals surface area contributed by atoms with E-state index in [0.29, 0.717) is 5.75 Å². The number of rotatable bonds is 11. The molecule has 0 bridgehead atoms. The van der Waals surface area contributed by atoms with Crippen molar-refractivity contribution in [3.05, 3.63) is 84.9 Å². The summed E-state index contributed by atoms with van der Waals surface area (Å²) in [5.41, 5.74) is 0.802. The summed E-state index contributed by atoms with van der Waals surface area (Å²) in [4.78, 5) is 37.1. The highest BCUT2D eigenvalue weighted by Gasteiger charge is 2.26. The molecule has 0 aliphatic rings. The molecule has 2 aromatic carbocycles. The summed E-state index contributed by atoms with van der Waals surface area (Å²) in [6, 6.07) is 15.0. The monoisotopic (exact) mass is 646 g/mol. The molecule has 0 aliphatic heterocycles. The minimum atomic E-state index is -4.18. The molecule has 232 valence electrons. The second-order valence-electron chi connectivity index (χ2n) is 10.5. The van der Waals surface area contributed by atoms with Crippen LogP contribution in [0.15, 0.2) is 89.3 Å². The number of carbonyl (C=O) groups excluding carboxylic acids is 1. The molecule has 5 aromatic rings. The molecule has 0 unspecified atom stereocenters. The number of sulfonamides is 1. The topological polar surface area (TPSA) is 174 Å². The fourth-order valence-electron chi connectivity index (χ4n) is 3.97. The van der Waals surface area contributed by atoms with Gasteiger partial charge in [0, 0.05) is 24.8 Å². The lowest BCUT2D eigenvalue weighted by Gasteiger charge is -2.20. The average Bonchev–Trinajstić information content (AvgIpc) is 3.54. The fraction of sp³-hybridized carbons (Fsp3) is 0.200. The van der Waals surface area contributed by atoms with Crippen LogP contribution in [0.25, 0.3) is 11.6 Å². The SMILES string of the molecule is COc1ccccc1Oc1c(NS(=O)(=O)c2ccc(C(C)(C)C)cc2)nc(-c2ncccn2)nc1SCC(=O)Nc1ncc[nH]1. The predicted molar refractivity (Wildman–Crippen MR) is 170 cm³/mol. The van der Waals surface area contributed by atoms with Crippen LogP contribution in [0.5, 0.6) is 17.2 Å². The minimum Gasteiger partial charge on any atom is -0.493 e. The number of aromatic amines is 1. The Balaban J connectivity index is 1.60. The number of ether oxygens (including phenoxy) is 2. The molecule has 3 aromatic heterocycles. The van der Waals surface area contributed by atoms with E-state index in [0.717, 1.165) is 17.3 Å². The number of nitrogens with one attached hydrogen (secondary N) is 3. The Bertz CT molecular complexity index is 1880. The maximum Gasteiger partial charge on any atom is 0.263 e. The van der Waals surface area contributed by atoms with Crippen molar-refractivity contribution in [3.8, 4) is 28.9 Å². The zero-order chi connectivity index (χ0) is 32.0. The van der Waals surface area contributed by atoms with Crippen LogP contribution in [-0.2, 0) is 20.2 Å². The van der Waals surface area contributed by atoms with Gasteiger partial charge in [0.2, 0.25) is 23.4 Å². The Kier molecular flexibility index (Phi) is 9.29. The van der Waals surface area contributed by atoms with Crippen molar-refractivity contribution in [2.45, 2.75) is 36.1 Å². The minimum absolute atomic E-state index is 0.0118. The number of amides is 1. The van der Waals surface area contributed by atoms with Gasteiger partial charge in [-0.1, -0.05) is 56.8 Å². The first-order valence-corrected chi connectivity index (χ1v) is 16.1. The van der Waals surface area contributed by atoms with Crippen molar-refractivity contribution < 1.29 is 22.7 Å². The molecule has 3 N–H and O–H groups in total. The number of methoxy groups -OCH3 is 1. The van der Waals surface area contributed by atoms with Gasteiger partial charge >= 0.3 is 0 Å². The van der Waals surface area contributed by atoms with E-state index in [-0.39, 0.29) is 56.0 Å². The molecule has 0 fully saturated rings. The molecular formula is C30H30N8O5S2. The lowest BCUT2D eigenvalue weighted by molar-refractivity contribution is -0.113. The molecule has 0 radical (unpaired) electrons. The summed E-state index contributed by atoms with van der Waals surface area (Å²) in [7, 11) is -2.70. The largest absolute Gasteiger partial charge is 0.493 e. The molecule has 0 atom stereocenters. The summed E-state index contributed by atoms with van der Waals surface area (Å²) in [5.74, 6) is 0.312. The maximum absolute atomic E-state index is 13.7. The number of imidazole rings is 1. The summed E-state index contributed by atoms with van der Waals surface area (Å²) in [5, 5.41) is 2.80. The number of nitrogens with zero attached hydrogens (tertiary/aromatic N) is 5. The number of para-hydroxylation sites is 2. The van der Waals surface area contributed by atoms with E-state index in [4.69, 9.17) is 9.47 Å². The number of thioether (sulfide) groups is 1. The Morgan fingerprint density at radius 1 is 0.911 bits per heavy atom. The number of benzene rings is 2. The third-order valence-corrected chi connectivity index (χ3v) is 8.55. The molecule has 3 heterocycles. The van der Waals surface area contributed by atoms with Gasteiger partial charge in [-0.3, -0.25) is 14.8 Å². The molecule has 13 nitrogen and oxygen atoms in total. The molecule has 0 saturated heterocycles. The zero-order valence-corrected chi connectivity index (χ0v) is 26.4. The quantitative estimate of drug-likeness (QED) is 0.126. The Morgan fingerprint density at radius 3 is 2.27 bits per heavy atom. The second kappa shape index (κ2) is 13.3. The standard InChI is InChI=1S/C30H30N8O5S2/c1-30(2,3)19-10-12-20(13-11-19)45(40,41)38-25-24(43-22-9-6-5-8-21(22)42-4)28(37-27(36-25)26-31-14-7-15-32-26)44-18-23(39)35-29-33-16-17-34-29/h5-17H,18H2,1-4H3,(H,36,37,38)(H2,33,34,35,39). The van der Waals surface area contributed by atoms with Crippen molar-refractivity contribution in [3.63, 3.8) is 0 Å². The van der Waals surface area contributed by atoms with Gasteiger partial charge in [0.1, 0.15) is 5.03 Å². The first-order chi connectivity index (χ1) is 21.5. The van der Waals surface area contributed by atoms with E-state index in [1.54, 1.807) is 48.7 Å². The highest BCUT2D eigenvalue weighted by atomic mass is 32.2. The lowest BCUT2D eigenvalue weighted by Crippen LogP contribution is -2.18. The molecule has 0 aliphatic carbocycles. The van der Waals surface area contributed by atoms with Crippen LogP contribution in [0.2, 0.25) is 0 Å². The average molecular weight is 647 g/mol. The number of hydrogen-bond donors (Lipinski definition) is 3. The van der Waals surface area contributed by atoms with Crippen LogP contribution in [0, 0.1) is 0 Å². The van der Waals surface area contributed by atoms with E-state index >= 15 is 0 Å². The van der Waals surface area contributed by atoms with Gasteiger partial charge in [0.25, 0.3) is 10.0 Å². The van der Waals surface area contributed by atoms with Crippen molar-refractivity contribution >= 4 is 39.5 Å². The Labute approximate surface area is 264 Å². The molecule has 1 amide bonds. The van der Waals surface area contributed by atoms with Gasteiger partial charge in [0.05, 0.1) is 17.8 Å². The van der Waals surface area contributed by atoms with Crippen molar-refractivity contribution in [2.75, 3.05) is 22.9 Å². The Morgan fingerprint density at radius 2 is 1.62 bits per heavy atom. The fourth-order valence-corrected chi connectivity index (χ4v) is 5.74. The highest BCUT2D eigenvalue weighted by Crippen LogP contribution is 2.41. The van der Waals surface area contributed by atoms with Crippen molar-refractivity contribution in [2.24, 2.45) is 0 Å². The molecule has 0 saturated carbocycles. The van der Waals surface area contributed by atoms with Crippen molar-refractivity contribution in [1.29, 1.82) is 0 Å². The number of carbonyl (C=O) groups is 1. The third-order valence-electron chi connectivity index (χ3n) is 6.24. The summed E-state index contributed by atoms with van der Waals surface area (Å²) in [6.07, 6.45) is 6.10. The summed E-state index contributed by atoms with van der Waals surface area (Å²) >= 11 is 0.998. The van der Waals surface area contributed by atoms with Crippen molar-refractivity contribution in [1.82, 2.24) is 29.9 Å². The van der Waals surface area contributed by atoms with Crippen LogP contribution in [-0.4, -0.2) is 57.1 Å². The van der Waals surface area contributed by atoms with E-state index in [1.807, 2.05) is 20.8 Å². The number of aromatic nitrogens is 6. The first-order valence-electron chi connectivity index (χ1n) is 13.6.